The van der Waals surface area contributed by atoms with Gasteiger partial charge < -0.3 is 5.32 Å². The minimum Gasteiger partial charge on any atom is -0.325 e. The number of carbonyl (C=O) groups is 2. The maximum absolute atomic E-state index is 12.1. The number of benzene rings is 1. The quantitative estimate of drug-likeness (QED) is 0.725. The van der Waals surface area contributed by atoms with Crippen molar-refractivity contribution in [2.24, 2.45) is 21.8 Å². The normalized spacial score (nSPS) is 27.0. The molecule has 0 aromatic heterocycles. The molecule has 2 aliphatic carbocycles. The number of anilines is 1. The number of amides is 2. The average Bonchev–Trinajstić information content (AvgIpc) is 2.93. The monoisotopic (exact) mass is 387 g/mol. The molecule has 3 rings (SSSR count). The summed E-state index contributed by atoms with van der Waals surface area (Å²) in [7, 11) is 0. The number of hydrazone groups is 1. The maximum atomic E-state index is 12.1. The smallest absolute Gasteiger partial charge is 0.250 e. The third kappa shape index (κ3) is 4.05. The van der Waals surface area contributed by atoms with Gasteiger partial charge in [0.15, 0.2) is 0 Å². The summed E-state index contributed by atoms with van der Waals surface area (Å²) in [5, 5.41) is 7.30. The molecule has 0 saturated heterocycles. The second-order valence-electron chi connectivity index (χ2n) is 8.50. The lowest BCUT2D eigenvalue weighted by Crippen LogP contribution is -2.34. The molecule has 1 aromatic carbocycles. The topological polar surface area (TPSA) is 70.6 Å². The Morgan fingerprint density at radius 1 is 1.22 bits per heavy atom. The molecule has 5 nitrogen and oxygen atoms in total. The summed E-state index contributed by atoms with van der Waals surface area (Å²) < 4.78 is 0. The highest BCUT2D eigenvalue weighted by molar-refractivity contribution is 8.00. The van der Waals surface area contributed by atoms with Gasteiger partial charge in [-0.2, -0.15) is 5.10 Å². The molecule has 0 unspecified atom stereocenters. The van der Waals surface area contributed by atoms with Crippen LogP contribution in [0.3, 0.4) is 0 Å². The van der Waals surface area contributed by atoms with Crippen molar-refractivity contribution in [3.8, 4) is 0 Å². The van der Waals surface area contributed by atoms with Crippen molar-refractivity contribution in [2.45, 2.75) is 47.0 Å². The van der Waals surface area contributed by atoms with E-state index < -0.39 is 0 Å². The third-order valence-corrected chi connectivity index (χ3v) is 7.53. The fourth-order valence-corrected chi connectivity index (χ4v) is 5.03. The Kier molecular flexibility index (Phi) is 5.65. The standard InChI is InChI=1S/C21H29N3O2S/c1-14-6-5-7-16(10-14)22-18(25)12-27-13-19(26)24-23-17-11-15-8-9-21(17,4)20(15,2)3/h5-7,10,15H,8-9,11-13H2,1-4H3,(H,22,25)(H,24,26)/b23-17-/t15-,21+/m0/s1. The number of aryl methyl sites for hydroxylation is 1. The number of fused-ring (bicyclic) bond motifs is 2. The highest BCUT2D eigenvalue weighted by Gasteiger charge is 2.59. The number of hydrogen-bond donors (Lipinski definition) is 2. The lowest BCUT2D eigenvalue weighted by Gasteiger charge is -2.34. The van der Waals surface area contributed by atoms with E-state index in [9.17, 15) is 9.59 Å². The molecule has 0 aliphatic heterocycles. The van der Waals surface area contributed by atoms with Crippen molar-refractivity contribution < 1.29 is 9.59 Å². The lowest BCUT2D eigenvalue weighted by atomic mass is 9.70. The largest absolute Gasteiger partial charge is 0.325 e. The van der Waals surface area contributed by atoms with Crippen LogP contribution in [0.1, 0.15) is 45.6 Å². The zero-order valence-electron chi connectivity index (χ0n) is 16.6. The van der Waals surface area contributed by atoms with Crippen LogP contribution in [0.15, 0.2) is 29.4 Å². The van der Waals surface area contributed by atoms with Crippen LogP contribution in [0.4, 0.5) is 5.69 Å². The summed E-state index contributed by atoms with van der Waals surface area (Å²) in [4.78, 5) is 24.1. The third-order valence-electron chi connectivity index (χ3n) is 6.60. The van der Waals surface area contributed by atoms with Crippen LogP contribution in [-0.4, -0.2) is 29.0 Å². The van der Waals surface area contributed by atoms with E-state index in [0.717, 1.165) is 29.8 Å². The van der Waals surface area contributed by atoms with Gasteiger partial charge in [-0.3, -0.25) is 9.59 Å². The van der Waals surface area contributed by atoms with Gasteiger partial charge in [-0.1, -0.05) is 32.9 Å². The van der Waals surface area contributed by atoms with E-state index in [2.05, 4.69) is 36.6 Å². The zero-order chi connectivity index (χ0) is 19.7. The van der Waals surface area contributed by atoms with Crippen LogP contribution in [0.2, 0.25) is 0 Å². The number of carbonyl (C=O) groups excluding carboxylic acids is 2. The van der Waals surface area contributed by atoms with Crippen molar-refractivity contribution in [1.82, 2.24) is 5.43 Å². The lowest BCUT2D eigenvalue weighted by molar-refractivity contribution is -0.118. The van der Waals surface area contributed by atoms with Gasteiger partial charge in [0.25, 0.3) is 0 Å². The Labute approximate surface area is 165 Å². The highest BCUT2D eigenvalue weighted by atomic mass is 32.2. The van der Waals surface area contributed by atoms with Gasteiger partial charge in [-0.15, -0.1) is 11.8 Å². The Hall–Kier alpha value is -1.82. The minimum atomic E-state index is -0.153. The van der Waals surface area contributed by atoms with Gasteiger partial charge in [-0.05, 0) is 55.2 Å². The Bertz CT molecular complexity index is 774. The van der Waals surface area contributed by atoms with Crippen molar-refractivity contribution in [3.63, 3.8) is 0 Å². The molecule has 2 saturated carbocycles. The van der Waals surface area contributed by atoms with Crippen molar-refractivity contribution >= 4 is 35.0 Å². The summed E-state index contributed by atoms with van der Waals surface area (Å²) >= 11 is 1.30. The first kappa shape index (κ1) is 19.9. The van der Waals surface area contributed by atoms with E-state index in [1.165, 1.54) is 18.2 Å². The summed E-state index contributed by atoms with van der Waals surface area (Å²) in [5.74, 6) is 0.872. The van der Waals surface area contributed by atoms with E-state index in [0.29, 0.717) is 5.92 Å². The molecule has 146 valence electrons. The minimum absolute atomic E-state index is 0.0891. The van der Waals surface area contributed by atoms with Crippen molar-refractivity contribution in [3.05, 3.63) is 29.8 Å². The Morgan fingerprint density at radius 2 is 1.96 bits per heavy atom. The first-order valence-electron chi connectivity index (χ1n) is 9.52. The van der Waals surface area contributed by atoms with Gasteiger partial charge >= 0.3 is 0 Å². The van der Waals surface area contributed by atoms with Gasteiger partial charge in [0.05, 0.1) is 11.5 Å². The summed E-state index contributed by atoms with van der Waals surface area (Å²) in [5.41, 5.74) is 6.04. The number of rotatable bonds is 6. The molecule has 6 heteroatoms. The van der Waals surface area contributed by atoms with Crippen LogP contribution >= 0.6 is 11.8 Å². The summed E-state index contributed by atoms with van der Waals surface area (Å²) in [6, 6.07) is 7.66. The molecule has 1 aromatic rings. The van der Waals surface area contributed by atoms with Crippen LogP contribution in [0, 0.1) is 23.7 Å². The SMILES string of the molecule is Cc1cccc(NC(=O)CSCC(=O)N/N=C2/C[C@@H]3CC[C@@]2(C)C3(C)C)c1. The molecule has 0 radical (unpaired) electrons. The molecule has 2 atom stereocenters. The summed E-state index contributed by atoms with van der Waals surface area (Å²) in [6.45, 7) is 8.89. The van der Waals surface area contributed by atoms with Crippen molar-refractivity contribution in [2.75, 3.05) is 16.8 Å². The van der Waals surface area contributed by atoms with E-state index in [1.54, 1.807) is 0 Å². The molecular weight excluding hydrogens is 358 g/mol. The molecule has 2 amide bonds. The van der Waals surface area contributed by atoms with Gasteiger partial charge in [0, 0.05) is 16.8 Å². The van der Waals surface area contributed by atoms with Crippen LogP contribution in [0.25, 0.3) is 0 Å². The number of nitrogens with zero attached hydrogens (tertiary/aromatic N) is 1. The molecule has 27 heavy (non-hydrogen) atoms. The fourth-order valence-electron chi connectivity index (χ4n) is 4.42. The molecule has 0 heterocycles. The number of nitrogens with one attached hydrogen (secondary N) is 2. The average molecular weight is 388 g/mol. The first-order chi connectivity index (χ1) is 12.7. The predicted molar refractivity (Wildman–Crippen MR) is 112 cm³/mol. The predicted octanol–water partition coefficient (Wildman–Crippen LogP) is 3.99. The van der Waals surface area contributed by atoms with Crippen molar-refractivity contribution in [1.29, 1.82) is 0 Å². The van der Waals surface area contributed by atoms with Gasteiger partial charge in [0.1, 0.15) is 0 Å². The van der Waals surface area contributed by atoms with E-state index in [-0.39, 0.29) is 34.2 Å². The molecular formula is C21H29N3O2S. The first-order valence-corrected chi connectivity index (χ1v) is 10.7. The van der Waals surface area contributed by atoms with E-state index in [4.69, 9.17) is 0 Å². The highest BCUT2D eigenvalue weighted by Crippen LogP contribution is 2.63. The Balaban J connectivity index is 1.42. The van der Waals surface area contributed by atoms with E-state index in [1.807, 2.05) is 31.2 Å². The fraction of sp³-hybridized carbons (Fsp3) is 0.571. The summed E-state index contributed by atoms with van der Waals surface area (Å²) in [6.07, 6.45) is 3.38. The van der Waals surface area contributed by atoms with Gasteiger partial charge in [-0.25, -0.2) is 5.43 Å². The maximum Gasteiger partial charge on any atom is 0.250 e. The Morgan fingerprint density at radius 3 is 2.59 bits per heavy atom. The second-order valence-corrected chi connectivity index (χ2v) is 9.48. The van der Waals surface area contributed by atoms with Crippen LogP contribution < -0.4 is 10.7 Å². The molecule has 2 bridgehead atoms. The van der Waals surface area contributed by atoms with Crippen LogP contribution in [0.5, 0.6) is 0 Å². The van der Waals surface area contributed by atoms with Crippen LogP contribution in [-0.2, 0) is 9.59 Å². The van der Waals surface area contributed by atoms with Gasteiger partial charge in [0.2, 0.25) is 11.8 Å². The molecule has 2 fully saturated rings. The number of hydrogen-bond acceptors (Lipinski definition) is 4. The van der Waals surface area contributed by atoms with E-state index >= 15 is 0 Å². The number of thioether (sulfide) groups is 1. The molecule has 2 aliphatic rings. The zero-order valence-corrected chi connectivity index (χ0v) is 17.4. The second kappa shape index (κ2) is 7.66. The molecule has 0 spiro atoms. The molecule has 2 N–H and O–H groups in total.